The molecule has 0 saturated heterocycles. The Hall–Kier alpha value is -0.790. The van der Waals surface area contributed by atoms with E-state index < -0.39 is 0 Å². The third-order valence-corrected chi connectivity index (χ3v) is 1.84. The standard InChI is InChI=1S/C10H16O2/c1-10(2,3)9(11)12-8-6-4-5-7-8/h6H,4-5,7H2,1-3H3. The van der Waals surface area contributed by atoms with Crippen molar-refractivity contribution in [3.05, 3.63) is 11.8 Å². The van der Waals surface area contributed by atoms with Gasteiger partial charge in [-0.25, -0.2) is 0 Å². The summed E-state index contributed by atoms with van der Waals surface area (Å²) >= 11 is 0. The molecule has 0 saturated carbocycles. The predicted octanol–water partition coefficient (Wildman–Crippen LogP) is 2.64. The molecule has 0 atom stereocenters. The Morgan fingerprint density at radius 1 is 1.50 bits per heavy atom. The summed E-state index contributed by atoms with van der Waals surface area (Å²) in [5, 5.41) is 0. The van der Waals surface area contributed by atoms with Crippen molar-refractivity contribution in [2.75, 3.05) is 0 Å². The third kappa shape index (κ3) is 2.36. The molecule has 2 nitrogen and oxygen atoms in total. The van der Waals surface area contributed by atoms with Crippen LogP contribution in [-0.4, -0.2) is 5.97 Å². The summed E-state index contributed by atoms with van der Waals surface area (Å²) in [5.74, 6) is 0.727. The SMILES string of the molecule is CC(C)(C)C(=O)OC1=CCCC1. The molecule has 1 rings (SSSR count). The van der Waals surface area contributed by atoms with Crippen LogP contribution in [0.15, 0.2) is 11.8 Å². The second-order valence-corrected chi connectivity index (χ2v) is 4.20. The lowest BCUT2D eigenvalue weighted by atomic mass is 9.97. The minimum absolute atomic E-state index is 0.129. The zero-order valence-electron chi connectivity index (χ0n) is 8.02. The highest BCUT2D eigenvalue weighted by Gasteiger charge is 2.24. The van der Waals surface area contributed by atoms with Gasteiger partial charge in [-0.1, -0.05) is 0 Å². The molecule has 68 valence electrons. The van der Waals surface area contributed by atoms with Gasteiger partial charge in [0.25, 0.3) is 0 Å². The van der Waals surface area contributed by atoms with Crippen LogP contribution in [0.1, 0.15) is 40.0 Å². The van der Waals surface area contributed by atoms with Gasteiger partial charge in [-0.3, -0.25) is 4.79 Å². The zero-order chi connectivity index (χ0) is 9.19. The van der Waals surface area contributed by atoms with Gasteiger partial charge in [-0.2, -0.15) is 0 Å². The van der Waals surface area contributed by atoms with Gasteiger partial charge in [0, 0.05) is 6.42 Å². The first-order valence-electron chi connectivity index (χ1n) is 4.41. The molecule has 1 aliphatic carbocycles. The average molecular weight is 168 g/mol. The molecule has 1 aliphatic rings. The maximum Gasteiger partial charge on any atom is 0.316 e. The highest BCUT2D eigenvalue weighted by Crippen LogP contribution is 2.23. The van der Waals surface area contributed by atoms with Gasteiger partial charge >= 0.3 is 5.97 Å². The third-order valence-electron chi connectivity index (χ3n) is 1.84. The molecule has 0 bridgehead atoms. The molecular weight excluding hydrogens is 152 g/mol. The van der Waals surface area contributed by atoms with Crippen LogP contribution in [0.2, 0.25) is 0 Å². The molecule has 0 N–H and O–H groups in total. The Morgan fingerprint density at radius 3 is 2.58 bits per heavy atom. The molecule has 0 fully saturated rings. The molecule has 0 unspecified atom stereocenters. The van der Waals surface area contributed by atoms with Crippen molar-refractivity contribution in [2.45, 2.75) is 40.0 Å². The summed E-state index contributed by atoms with van der Waals surface area (Å²) in [4.78, 5) is 11.4. The number of hydrogen-bond donors (Lipinski definition) is 0. The van der Waals surface area contributed by atoms with Crippen LogP contribution in [0.5, 0.6) is 0 Å². The number of ether oxygens (including phenoxy) is 1. The van der Waals surface area contributed by atoms with Crippen molar-refractivity contribution < 1.29 is 9.53 Å². The van der Waals surface area contributed by atoms with E-state index in [1.165, 1.54) is 0 Å². The van der Waals surface area contributed by atoms with Gasteiger partial charge in [0.15, 0.2) is 0 Å². The summed E-state index contributed by atoms with van der Waals surface area (Å²) in [5.41, 5.74) is -0.385. The molecular formula is C10H16O2. The molecule has 0 aliphatic heterocycles. The van der Waals surface area contributed by atoms with E-state index in [2.05, 4.69) is 0 Å². The van der Waals surface area contributed by atoms with Crippen molar-refractivity contribution in [3.63, 3.8) is 0 Å². The van der Waals surface area contributed by atoms with Crippen molar-refractivity contribution in [2.24, 2.45) is 5.41 Å². The van der Waals surface area contributed by atoms with Gasteiger partial charge < -0.3 is 4.74 Å². The Morgan fingerprint density at radius 2 is 2.17 bits per heavy atom. The molecule has 12 heavy (non-hydrogen) atoms. The number of esters is 1. The van der Waals surface area contributed by atoms with Crippen LogP contribution in [0.4, 0.5) is 0 Å². The van der Waals surface area contributed by atoms with E-state index in [-0.39, 0.29) is 11.4 Å². The molecule has 0 amide bonds. The lowest BCUT2D eigenvalue weighted by Gasteiger charge is -2.16. The lowest BCUT2D eigenvalue weighted by molar-refractivity contribution is -0.148. The second-order valence-electron chi connectivity index (χ2n) is 4.20. The fraction of sp³-hybridized carbons (Fsp3) is 0.700. The number of hydrogen-bond acceptors (Lipinski definition) is 2. The summed E-state index contributed by atoms with van der Waals surface area (Å²) in [6.07, 6.45) is 5.09. The van der Waals surface area contributed by atoms with E-state index in [1.54, 1.807) is 0 Å². The van der Waals surface area contributed by atoms with E-state index in [9.17, 15) is 4.79 Å². The monoisotopic (exact) mass is 168 g/mol. The van der Waals surface area contributed by atoms with Crippen LogP contribution in [-0.2, 0) is 9.53 Å². The Labute approximate surface area is 73.6 Å². The van der Waals surface area contributed by atoms with Crippen LogP contribution >= 0.6 is 0 Å². The van der Waals surface area contributed by atoms with Gasteiger partial charge in [0.05, 0.1) is 5.41 Å². The Balaban J connectivity index is 2.46. The number of carbonyl (C=O) groups is 1. The van der Waals surface area contributed by atoms with Crippen LogP contribution < -0.4 is 0 Å². The maximum absolute atomic E-state index is 11.4. The number of rotatable bonds is 1. The Kier molecular flexibility index (Phi) is 2.55. The predicted molar refractivity (Wildman–Crippen MR) is 47.5 cm³/mol. The quantitative estimate of drug-likeness (QED) is 0.562. The molecule has 0 aromatic rings. The van der Waals surface area contributed by atoms with Crippen molar-refractivity contribution >= 4 is 5.97 Å². The minimum Gasteiger partial charge on any atom is -0.431 e. The zero-order valence-corrected chi connectivity index (χ0v) is 8.02. The van der Waals surface area contributed by atoms with E-state index in [1.807, 2.05) is 26.8 Å². The average Bonchev–Trinajstić information content (AvgIpc) is 2.37. The highest BCUT2D eigenvalue weighted by molar-refractivity contribution is 5.76. The summed E-state index contributed by atoms with van der Waals surface area (Å²) in [6, 6.07) is 0. The topological polar surface area (TPSA) is 26.3 Å². The number of allylic oxidation sites excluding steroid dienone is 2. The first kappa shape index (κ1) is 9.30. The molecule has 0 aromatic carbocycles. The molecule has 2 heteroatoms. The van der Waals surface area contributed by atoms with Crippen LogP contribution in [0.3, 0.4) is 0 Å². The smallest absolute Gasteiger partial charge is 0.316 e. The van der Waals surface area contributed by atoms with Crippen molar-refractivity contribution in [1.82, 2.24) is 0 Å². The van der Waals surface area contributed by atoms with E-state index in [0.29, 0.717) is 0 Å². The van der Waals surface area contributed by atoms with Crippen LogP contribution in [0.25, 0.3) is 0 Å². The first-order chi connectivity index (χ1) is 5.50. The van der Waals surface area contributed by atoms with Crippen LogP contribution in [0, 0.1) is 5.41 Å². The molecule has 0 heterocycles. The van der Waals surface area contributed by atoms with E-state index in [4.69, 9.17) is 4.74 Å². The highest BCUT2D eigenvalue weighted by atomic mass is 16.5. The molecule has 0 aromatic heterocycles. The van der Waals surface area contributed by atoms with Crippen molar-refractivity contribution in [3.8, 4) is 0 Å². The second kappa shape index (κ2) is 3.30. The normalized spacial score (nSPS) is 17.4. The van der Waals surface area contributed by atoms with E-state index in [0.717, 1.165) is 25.0 Å². The largest absolute Gasteiger partial charge is 0.431 e. The fourth-order valence-electron chi connectivity index (χ4n) is 1.01. The number of carbonyl (C=O) groups excluding carboxylic acids is 1. The van der Waals surface area contributed by atoms with Gasteiger partial charge in [-0.05, 0) is 39.7 Å². The van der Waals surface area contributed by atoms with Gasteiger partial charge in [-0.15, -0.1) is 0 Å². The maximum atomic E-state index is 11.4. The first-order valence-corrected chi connectivity index (χ1v) is 4.41. The molecule has 0 radical (unpaired) electrons. The minimum atomic E-state index is -0.385. The van der Waals surface area contributed by atoms with E-state index >= 15 is 0 Å². The van der Waals surface area contributed by atoms with Gasteiger partial charge in [0.1, 0.15) is 5.76 Å². The van der Waals surface area contributed by atoms with Gasteiger partial charge in [0.2, 0.25) is 0 Å². The summed E-state index contributed by atoms with van der Waals surface area (Å²) < 4.78 is 5.20. The summed E-state index contributed by atoms with van der Waals surface area (Å²) in [6.45, 7) is 5.60. The van der Waals surface area contributed by atoms with Crippen molar-refractivity contribution in [1.29, 1.82) is 0 Å². The summed E-state index contributed by atoms with van der Waals surface area (Å²) in [7, 11) is 0. The fourth-order valence-corrected chi connectivity index (χ4v) is 1.01. The Bertz CT molecular complexity index is 208. The lowest BCUT2D eigenvalue weighted by Crippen LogP contribution is -2.22. The molecule has 0 spiro atoms.